The number of hydrogen-bond acceptors (Lipinski definition) is 2. The number of aryl methyl sites for hydroxylation is 2. The van der Waals surface area contributed by atoms with Gasteiger partial charge in [-0.2, -0.15) is 0 Å². The second kappa shape index (κ2) is 6.58. The van der Waals surface area contributed by atoms with Crippen molar-refractivity contribution in [3.8, 4) is 11.5 Å². The van der Waals surface area contributed by atoms with Crippen LogP contribution in [0.5, 0.6) is 11.5 Å². The van der Waals surface area contributed by atoms with Crippen molar-refractivity contribution in [1.29, 1.82) is 0 Å². The van der Waals surface area contributed by atoms with Crippen LogP contribution in [0.4, 0.5) is 0 Å². The van der Waals surface area contributed by atoms with Crippen LogP contribution in [-0.2, 0) is 0 Å². The van der Waals surface area contributed by atoms with E-state index in [0.29, 0.717) is 0 Å². The zero-order valence-electron chi connectivity index (χ0n) is 11.6. The van der Waals surface area contributed by atoms with E-state index in [2.05, 4.69) is 20.8 Å². The predicted molar refractivity (Wildman–Crippen MR) is 81.1 cm³/mol. The van der Waals surface area contributed by atoms with Gasteiger partial charge in [0.25, 0.3) is 8.38 Å². The van der Waals surface area contributed by atoms with Crippen LogP contribution in [0.1, 0.15) is 18.1 Å². The van der Waals surface area contributed by atoms with Crippen molar-refractivity contribution in [3.05, 3.63) is 59.7 Å². The monoisotopic (exact) mass is 274 g/mol. The Bertz CT molecular complexity index is 458. The topological polar surface area (TPSA) is 18.5 Å². The van der Waals surface area contributed by atoms with Gasteiger partial charge in [0, 0.05) is 6.16 Å². The Hall–Kier alpha value is -1.53. The summed E-state index contributed by atoms with van der Waals surface area (Å²) in [5.74, 6) is 1.73. The van der Waals surface area contributed by atoms with Crippen molar-refractivity contribution < 1.29 is 9.05 Å². The first kappa shape index (κ1) is 13.9. The quantitative estimate of drug-likeness (QED) is 0.707. The second-order valence-electron chi connectivity index (χ2n) is 4.46. The van der Waals surface area contributed by atoms with Crippen molar-refractivity contribution in [3.63, 3.8) is 0 Å². The van der Waals surface area contributed by atoms with E-state index in [0.717, 1.165) is 17.7 Å². The molecule has 0 atom stereocenters. The summed E-state index contributed by atoms with van der Waals surface area (Å²) in [6.45, 7) is 6.21. The van der Waals surface area contributed by atoms with Crippen LogP contribution in [0, 0.1) is 13.8 Å². The van der Waals surface area contributed by atoms with E-state index in [4.69, 9.17) is 9.05 Å². The van der Waals surface area contributed by atoms with Gasteiger partial charge in [-0.3, -0.25) is 0 Å². The summed E-state index contributed by atoms with van der Waals surface area (Å²) in [7, 11) is -0.930. The Balaban J connectivity index is 2.00. The van der Waals surface area contributed by atoms with Gasteiger partial charge >= 0.3 is 0 Å². The van der Waals surface area contributed by atoms with Gasteiger partial charge in [0.05, 0.1) is 0 Å². The Morgan fingerprint density at radius 3 is 1.42 bits per heavy atom. The summed E-state index contributed by atoms with van der Waals surface area (Å²) in [6.07, 6.45) is 0.858. The van der Waals surface area contributed by atoms with Gasteiger partial charge < -0.3 is 9.05 Å². The number of hydrogen-bond donors (Lipinski definition) is 0. The molecule has 0 radical (unpaired) electrons. The van der Waals surface area contributed by atoms with Gasteiger partial charge in [-0.25, -0.2) is 0 Å². The van der Waals surface area contributed by atoms with Crippen LogP contribution in [-0.4, -0.2) is 6.16 Å². The van der Waals surface area contributed by atoms with Gasteiger partial charge in [0.1, 0.15) is 11.5 Å². The molecule has 0 bridgehead atoms. The van der Waals surface area contributed by atoms with Gasteiger partial charge in [0.15, 0.2) is 0 Å². The van der Waals surface area contributed by atoms with Crippen LogP contribution in [0.2, 0.25) is 0 Å². The first-order valence-corrected chi connectivity index (χ1v) is 7.80. The average Bonchev–Trinajstić information content (AvgIpc) is 2.43. The highest BCUT2D eigenvalue weighted by molar-refractivity contribution is 7.48. The summed E-state index contributed by atoms with van der Waals surface area (Å²) in [6, 6.07) is 16.1. The molecule has 0 amide bonds. The van der Waals surface area contributed by atoms with Gasteiger partial charge in [0.2, 0.25) is 0 Å². The molecule has 19 heavy (non-hydrogen) atoms. The van der Waals surface area contributed by atoms with Crippen molar-refractivity contribution in [2.24, 2.45) is 0 Å². The Morgan fingerprint density at radius 2 is 1.11 bits per heavy atom. The summed E-state index contributed by atoms with van der Waals surface area (Å²) >= 11 is 0. The first-order chi connectivity index (χ1) is 9.17. The Morgan fingerprint density at radius 1 is 0.737 bits per heavy atom. The fraction of sp³-hybridized carbons (Fsp3) is 0.250. The van der Waals surface area contributed by atoms with Crippen molar-refractivity contribution >= 4 is 8.38 Å². The molecule has 0 aliphatic carbocycles. The summed E-state index contributed by atoms with van der Waals surface area (Å²) < 4.78 is 11.8. The third-order valence-electron chi connectivity index (χ3n) is 2.71. The van der Waals surface area contributed by atoms with E-state index < -0.39 is 8.38 Å². The molecule has 2 rings (SSSR count). The van der Waals surface area contributed by atoms with E-state index in [9.17, 15) is 0 Å². The lowest BCUT2D eigenvalue weighted by molar-refractivity contribution is 0.491. The molecule has 3 heteroatoms. The van der Waals surface area contributed by atoms with Crippen LogP contribution in [0.3, 0.4) is 0 Å². The van der Waals surface area contributed by atoms with E-state index in [1.54, 1.807) is 0 Å². The normalized spacial score (nSPS) is 10.5. The molecule has 0 saturated heterocycles. The largest absolute Gasteiger partial charge is 0.439 e. The molecule has 0 aliphatic rings. The zero-order chi connectivity index (χ0) is 13.7. The SMILES string of the molecule is CCP(Oc1ccc(C)cc1)Oc1ccc(C)cc1. The smallest absolute Gasteiger partial charge is 0.290 e. The Kier molecular flexibility index (Phi) is 4.81. The van der Waals surface area contributed by atoms with Crippen LogP contribution >= 0.6 is 8.38 Å². The molecular weight excluding hydrogens is 255 g/mol. The molecule has 0 aliphatic heterocycles. The predicted octanol–water partition coefficient (Wildman–Crippen LogP) is 5.09. The number of benzene rings is 2. The molecular formula is C16H19O2P. The maximum absolute atomic E-state index is 5.90. The molecule has 2 aromatic rings. The highest BCUT2D eigenvalue weighted by atomic mass is 31.2. The third-order valence-corrected chi connectivity index (χ3v) is 4.06. The molecule has 0 spiro atoms. The summed E-state index contributed by atoms with van der Waals surface area (Å²) in [4.78, 5) is 0. The third kappa shape index (κ3) is 4.25. The first-order valence-electron chi connectivity index (χ1n) is 6.44. The minimum atomic E-state index is -0.930. The van der Waals surface area contributed by atoms with Crippen molar-refractivity contribution in [2.45, 2.75) is 20.8 Å². The standard InChI is InChI=1S/C16H19O2P/c1-4-19(17-15-9-5-13(2)6-10-15)18-16-11-7-14(3)8-12-16/h5-12H,4H2,1-3H3. The molecule has 2 aromatic carbocycles. The molecule has 0 aromatic heterocycles. The maximum Gasteiger partial charge on any atom is 0.290 e. The van der Waals surface area contributed by atoms with Gasteiger partial charge in [-0.15, -0.1) is 0 Å². The van der Waals surface area contributed by atoms with E-state index >= 15 is 0 Å². The molecule has 0 fully saturated rings. The van der Waals surface area contributed by atoms with Crippen molar-refractivity contribution in [2.75, 3.05) is 6.16 Å². The average molecular weight is 274 g/mol. The highest BCUT2D eigenvalue weighted by Gasteiger charge is 2.11. The van der Waals surface area contributed by atoms with Gasteiger partial charge in [-0.05, 0) is 38.1 Å². The molecule has 0 heterocycles. The lowest BCUT2D eigenvalue weighted by atomic mass is 10.2. The lowest BCUT2D eigenvalue weighted by Gasteiger charge is -2.17. The van der Waals surface area contributed by atoms with Crippen LogP contribution in [0.25, 0.3) is 0 Å². The summed E-state index contributed by atoms with van der Waals surface area (Å²) in [5.41, 5.74) is 2.46. The molecule has 100 valence electrons. The molecule has 0 saturated carbocycles. The summed E-state index contributed by atoms with van der Waals surface area (Å²) in [5, 5.41) is 0. The second-order valence-corrected chi connectivity index (χ2v) is 6.12. The van der Waals surface area contributed by atoms with E-state index in [-0.39, 0.29) is 0 Å². The molecule has 2 nitrogen and oxygen atoms in total. The lowest BCUT2D eigenvalue weighted by Crippen LogP contribution is -1.97. The zero-order valence-corrected chi connectivity index (χ0v) is 12.5. The molecule has 0 unspecified atom stereocenters. The van der Waals surface area contributed by atoms with Crippen LogP contribution in [0.15, 0.2) is 48.5 Å². The molecule has 0 N–H and O–H groups in total. The van der Waals surface area contributed by atoms with E-state index in [1.807, 2.05) is 48.5 Å². The van der Waals surface area contributed by atoms with E-state index in [1.165, 1.54) is 11.1 Å². The Labute approximate surface area is 116 Å². The highest BCUT2D eigenvalue weighted by Crippen LogP contribution is 2.39. The van der Waals surface area contributed by atoms with Crippen LogP contribution < -0.4 is 9.05 Å². The fourth-order valence-corrected chi connectivity index (χ4v) is 2.59. The maximum atomic E-state index is 5.90. The fourth-order valence-electron chi connectivity index (χ4n) is 1.58. The van der Waals surface area contributed by atoms with Gasteiger partial charge in [-0.1, -0.05) is 42.3 Å². The minimum Gasteiger partial charge on any atom is -0.439 e. The van der Waals surface area contributed by atoms with Crippen molar-refractivity contribution in [1.82, 2.24) is 0 Å². The number of rotatable bonds is 5. The minimum absolute atomic E-state index is 0.858.